The maximum atomic E-state index is 12.3. The summed E-state index contributed by atoms with van der Waals surface area (Å²) in [6, 6.07) is 26.3. The molecule has 37 heavy (non-hydrogen) atoms. The Labute approximate surface area is 215 Å². The highest BCUT2D eigenvalue weighted by atomic mass is 16.5. The third-order valence-corrected chi connectivity index (χ3v) is 5.74. The zero-order valence-electron chi connectivity index (χ0n) is 20.9. The van der Waals surface area contributed by atoms with Crippen molar-refractivity contribution >= 4 is 23.7 Å². The Morgan fingerprint density at radius 1 is 0.892 bits per heavy atom. The number of nitrogens with one attached hydrogen (secondary N) is 2. The standard InChI is InChI=1S/C29H28N4O4/c1-20-17-23(21(2)33(20)25-11-15-26(36-3)16-12-25)18-30-32-29(35)28(34)31-24-9-13-27(14-10-24)37-19-22-7-5-4-6-8-22/h4-18H,19H2,1-3H3,(H,31,34)(H,32,35)/b30-18-. The molecule has 0 aliphatic rings. The van der Waals surface area contributed by atoms with Crippen molar-refractivity contribution in [3.63, 3.8) is 0 Å². The Morgan fingerprint density at radius 3 is 2.24 bits per heavy atom. The van der Waals surface area contributed by atoms with Crippen LogP contribution in [0.2, 0.25) is 0 Å². The van der Waals surface area contributed by atoms with Crippen molar-refractivity contribution in [2.24, 2.45) is 5.10 Å². The van der Waals surface area contributed by atoms with Crippen molar-refractivity contribution in [3.05, 3.63) is 107 Å². The molecule has 0 bridgehead atoms. The molecule has 1 heterocycles. The Bertz CT molecular complexity index is 1390. The third kappa shape index (κ3) is 6.43. The SMILES string of the molecule is COc1ccc(-n2c(C)cc(/C=N\NC(=O)C(=O)Nc3ccc(OCc4ccccc4)cc3)c2C)cc1. The summed E-state index contributed by atoms with van der Waals surface area (Å²) < 4.78 is 13.0. The summed E-state index contributed by atoms with van der Waals surface area (Å²) in [5.41, 5.74) is 7.56. The van der Waals surface area contributed by atoms with Crippen LogP contribution < -0.4 is 20.2 Å². The van der Waals surface area contributed by atoms with E-state index in [1.807, 2.05) is 74.5 Å². The molecular weight excluding hydrogens is 468 g/mol. The quantitative estimate of drug-likeness (QED) is 0.209. The number of aryl methyl sites for hydroxylation is 1. The van der Waals surface area contributed by atoms with Crippen LogP contribution in [-0.2, 0) is 16.2 Å². The van der Waals surface area contributed by atoms with Gasteiger partial charge in [-0.15, -0.1) is 0 Å². The van der Waals surface area contributed by atoms with Gasteiger partial charge >= 0.3 is 11.8 Å². The second-order valence-electron chi connectivity index (χ2n) is 8.31. The van der Waals surface area contributed by atoms with E-state index in [4.69, 9.17) is 9.47 Å². The molecule has 8 nitrogen and oxygen atoms in total. The number of ether oxygens (including phenoxy) is 2. The fraction of sp³-hybridized carbons (Fsp3) is 0.138. The van der Waals surface area contributed by atoms with Crippen molar-refractivity contribution in [2.75, 3.05) is 12.4 Å². The zero-order valence-corrected chi connectivity index (χ0v) is 20.9. The average Bonchev–Trinajstić information content (AvgIpc) is 3.21. The maximum Gasteiger partial charge on any atom is 0.329 e. The van der Waals surface area contributed by atoms with Gasteiger partial charge in [0.05, 0.1) is 13.3 Å². The molecular formula is C29H28N4O4. The smallest absolute Gasteiger partial charge is 0.329 e. The number of nitrogens with zero attached hydrogens (tertiary/aromatic N) is 2. The van der Waals surface area contributed by atoms with E-state index in [1.165, 1.54) is 6.21 Å². The van der Waals surface area contributed by atoms with E-state index < -0.39 is 11.8 Å². The zero-order chi connectivity index (χ0) is 26.2. The number of hydrazone groups is 1. The minimum absolute atomic E-state index is 0.440. The summed E-state index contributed by atoms with van der Waals surface area (Å²) in [5.74, 6) is -0.257. The van der Waals surface area contributed by atoms with Crippen molar-refractivity contribution < 1.29 is 19.1 Å². The number of benzene rings is 3. The maximum absolute atomic E-state index is 12.3. The second kappa shape index (κ2) is 11.7. The van der Waals surface area contributed by atoms with Gasteiger partial charge in [-0.1, -0.05) is 30.3 Å². The van der Waals surface area contributed by atoms with Gasteiger partial charge in [-0.2, -0.15) is 5.10 Å². The summed E-state index contributed by atoms with van der Waals surface area (Å²) in [4.78, 5) is 24.5. The normalized spacial score (nSPS) is 10.8. The van der Waals surface area contributed by atoms with Crippen LogP contribution in [0.1, 0.15) is 22.5 Å². The van der Waals surface area contributed by atoms with Gasteiger partial charge in [0.2, 0.25) is 0 Å². The second-order valence-corrected chi connectivity index (χ2v) is 8.31. The van der Waals surface area contributed by atoms with Gasteiger partial charge in [0, 0.05) is 28.3 Å². The van der Waals surface area contributed by atoms with Crippen LogP contribution in [0.25, 0.3) is 5.69 Å². The number of hydrogen-bond acceptors (Lipinski definition) is 5. The minimum atomic E-state index is -0.871. The van der Waals surface area contributed by atoms with Gasteiger partial charge in [0.1, 0.15) is 18.1 Å². The number of amides is 2. The fourth-order valence-corrected chi connectivity index (χ4v) is 3.82. The molecule has 0 aliphatic carbocycles. The first kappa shape index (κ1) is 25.2. The van der Waals surface area contributed by atoms with Gasteiger partial charge in [-0.25, -0.2) is 5.43 Å². The fourth-order valence-electron chi connectivity index (χ4n) is 3.82. The van der Waals surface area contributed by atoms with Crippen molar-refractivity contribution in [1.82, 2.24) is 9.99 Å². The van der Waals surface area contributed by atoms with Crippen LogP contribution in [0.15, 0.2) is 90.0 Å². The van der Waals surface area contributed by atoms with Crippen LogP contribution in [0.4, 0.5) is 5.69 Å². The number of hydrogen-bond donors (Lipinski definition) is 2. The van der Waals surface area contributed by atoms with Crippen LogP contribution in [0.3, 0.4) is 0 Å². The molecule has 3 aromatic carbocycles. The highest BCUT2D eigenvalue weighted by Gasteiger charge is 2.14. The molecule has 4 aromatic rings. The van der Waals surface area contributed by atoms with E-state index in [1.54, 1.807) is 31.4 Å². The molecule has 8 heteroatoms. The number of anilines is 1. The Morgan fingerprint density at radius 2 is 1.57 bits per heavy atom. The molecule has 0 atom stereocenters. The van der Waals surface area contributed by atoms with Crippen LogP contribution in [0.5, 0.6) is 11.5 Å². The molecule has 0 aliphatic heterocycles. The lowest BCUT2D eigenvalue weighted by Crippen LogP contribution is -2.32. The van der Waals surface area contributed by atoms with E-state index >= 15 is 0 Å². The molecule has 0 saturated carbocycles. The van der Waals surface area contributed by atoms with Crippen molar-refractivity contribution in [1.29, 1.82) is 0 Å². The molecule has 2 amide bonds. The predicted octanol–water partition coefficient (Wildman–Crippen LogP) is 4.77. The third-order valence-electron chi connectivity index (χ3n) is 5.74. The lowest BCUT2D eigenvalue weighted by Gasteiger charge is -2.10. The lowest BCUT2D eigenvalue weighted by molar-refractivity contribution is -0.136. The summed E-state index contributed by atoms with van der Waals surface area (Å²) in [6.07, 6.45) is 1.52. The average molecular weight is 497 g/mol. The van der Waals surface area contributed by atoms with Crippen molar-refractivity contribution in [3.8, 4) is 17.2 Å². The molecule has 0 radical (unpaired) electrons. The molecule has 0 saturated heterocycles. The van der Waals surface area contributed by atoms with Gasteiger partial charge in [0.25, 0.3) is 0 Å². The summed E-state index contributed by atoms with van der Waals surface area (Å²) in [6.45, 7) is 4.38. The number of methoxy groups -OCH3 is 1. The predicted molar refractivity (Wildman–Crippen MR) is 143 cm³/mol. The summed E-state index contributed by atoms with van der Waals surface area (Å²) >= 11 is 0. The minimum Gasteiger partial charge on any atom is -0.497 e. The first-order valence-electron chi connectivity index (χ1n) is 11.7. The topological polar surface area (TPSA) is 94.0 Å². The lowest BCUT2D eigenvalue weighted by atomic mass is 10.2. The molecule has 1 aromatic heterocycles. The van der Waals surface area contributed by atoms with Crippen LogP contribution in [-0.4, -0.2) is 29.7 Å². The van der Waals surface area contributed by atoms with E-state index in [2.05, 4.69) is 20.4 Å². The van der Waals surface area contributed by atoms with Gasteiger partial charge < -0.3 is 19.4 Å². The molecule has 2 N–H and O–H groups in total. The van der Waals surface area contributed by atoms with Crippen molar-refractivity contribution in [2.45, 2.75) is 20.5 Å². The van der Waals surface area contributed by atoms with E-state index in [0.29, 0.717) is 18.0 Å². The highest BCUT2D eigenvalue weighted by molar-refractivity contribution is 6.39. The number of carbonyl (C=O) groups excluding carboxylic acids is 2. The summed E-state index contributed by atoms with van der Waals surface area (Å²) in [7, 11) is 1.63. The van der Waals surface area contributed by atoms with Gasteiger partial charge in [0.15, 0.2) is 0 Å². The highest BCUT2D eigenvalue weighted by Crippen LogP contribution is 2.22. The van der Waals surface area contributed by atoms with Crippen LogP contribution in [0, 0.1) is 13.8 Å². The van der Waals surface area contributed by atoms with Gasteiger partial charge in [-0.05, 0) is 74.0 Å². The first-order chi connectivity index (χ1) is 17.9. The molecule has 4 rings (SSSR count). The Kier molecular flexibility index (Phi) is 8.00. The number of rotatable bonds is 8. The molecule has 0 spiro atoms. The van der Waals surface area contributed by atoms with E-state index in [9.17, 15) is 9.59 Å². The monoisotopic (exact) mass is 496 g/mol. The number of aromatic nitrogens is 1. The summed E-state index contributed by atoms with van der Waals surface area (Å²) in [5, 5.41) is 6.52. The molecule has 0 fully saturated rings. The molecule has 0 unspecified atom stereocenters. The van der Waals surface area contributed by atoms with E-state index in [-0.39, 0.29) is 0 Å². The Balaban J connectivity index is 1.31. The Hall–Kier alpha value is -4.85. The first-order valence-corrected chi connectivity index (χ1v) is 11.7. The van der Waals surface area contributed by atoms with Gasteiger partial charge in [-0.3, -0.25) is 9.59 Å². The number of carbonyl (C=O) groups is 2. The van der Waals surface area contributed by atoms with Crippen LogP contribution >= 0.6 is 0 Å². The van der Waals surface area contributed by atoms with E-state index in [0.717, 1.165) is 34.0 Å². The largest absolute Gasteiger partial charge is 0.497 e. The molecule has 188 valence electrons.